The molecule has 0 spiro atoms. The predicted molar refractivity (Wildman–Crippen MR) is 100.0 cm³/mol. The van der Waals surface area contributed by atoms with Gasteiger partial charge in [0, 0.05) is 6.20 Å². The summed E-state index contributed by atoms with van der Waals surface area (Å²) in [5.41, 5.74) is 6.91. The van der Waals surface area contributed by atoms with Crippen LogP contribution in [0.3, 0.4) is 0 Å². The van der Waals surface area contributed by atoms with Crippen LogP contribution in [-0.4, -0.2) is 33.8 Å². The second-order valence-electron chi connectivity index (χ2n) is 6.07. The van der Waals surface area contributed by atoms with Crippen LogP contribution in [0.1, 0.15) is 22.3 Å². The van der Waals surface area contributed by atoms with Crippen molar-refractivity contribution in [3.8, 4) is 11.4 Å². The second-order valence-corrected chi connectivity index (χ2v) is 6.07. The molecule has 142 valence electrons. The van der Waals surface area contributed by atoms with Crippen molar-refractivity contribution in [3.63, 3.8) is 0 Å². The van der Waals surface area contributed by atoms with Crippen LogP contribution in [0.25, 0.3) is 11.4 Å². The first-order valence-corrected chi connectivity index (χ1v) is 8.60. The number of aryl methyl sites for hydroxylation is 1. The van der Waals surface area contributed by atoms with Crippen LogP contribution in [-0.2, 0) is 16.0 Å². The summed E-state index contributed by atoms with van der Waals surface area (Å²) in [6.07, 6.45) is 3.44. The normalized spacial score (nSPS) is 11.6. The maximum atomic E-state index is 12.7. The number of pyridine rings is 1. The molecule has 3 N–H and O–H groups in total. The molecule has 0 aliphatic carbocycles. The lowest BCUT2D eigenvalue weighted by atomic mass is 10.0. The summed E-state index contributed by atoms with van der Waals surface area (Å²) in [7, 11) is 0. The second kappa shape index (κ2) is 8.72. The topological polar surface area (TPSA) is 128 Å². The number of ketones is 1. The molecule has 2 amide bonds. The SMILES string of the molecule is NC(=O)C(=O)C(CCc1ccccc1)NC(=O)c1conc1-c1ccccn1. The number of hydrogen-bond donors (Lipinski definition) is 2. The average Bonchev–Trinajstić information content (AvgIpc) is 3.22. The van der Waals surface area contributed by atoms with Gasteiger partial charge in [0.1, 0.15) is 17.5 Å². The summed E-state index contributed by atoms with van der Waals surface area (Å²) >= 11 is 0. The number of hydrogen-bond acceptors (Lipinski definition) is 6. The van der Waals surface area contributed by atoms with Gasteiger partial charge in [-0.15, -0.1) is 0 Å². The fraction of sp³-hybridized carbons (Fsp3) is 0.150. The molecule has 0 aliphatic rings. The van der Waals surface area contributed by atoms with E-state index in [2.05, 4.69) is 15.5 Å². The molecule has 8 nitrogen and oxygen atoms in total. The van der Waals surface area contributed by atoms with Crippen LogP contribution in [0.2, 0.25) is 0 Å². The summed E-state index contributed by atoms with van der Waals surface area (Å²) in [5, 5.41) is 6.38. The number of carbonyl (C=O) groups is 3. The highest BCUT2D eigenvalue weighted by Crippen LogP contribution is 2.20. The van der Waals surface area contributed by atoms with Crippen LogP contribution in [0.5, 0.6) is 0 Å². The number of carbonyl (C=O) groups excluding carboxylic acids is 3. The van der Waals surface area contributed by atoms with Crippen molar-refractivity contribution in [2.45, 2.75) is 18.9 Å². The lowest BCUT2D eigenvalue weighted by molar-refractivity contribution is -0.137. The molecule has 0 bridgehead atoms. The number of amides is 2. The molecule has 0 saturated carbocycles. The van der Waals surface area contributed by atoms with Gasteiger partial charge in [-0.1, -0.05) is 41.6 Å². The van der Waals surface area contributed by atoms with Crippen molar-refractivity contribution in [1.82, 2.24) is 15.5 Å². The molecule has 0 radical (unpaired) electrons. The van der Waals surface area contributed by atoms with E-state index in [-0.39, 0.29) is 17.7 Å². The van der Waals surface area contributed by atoms with Gasteiger partial charge in [-0.05, 0) is 30.5 Å². The summed E-state index contributed by atoms with van der Waals surface area (Å²) < 4.78 is 4.91. The van der Waals surface area contributed by atoms with Crippen LogP contribution in [0.4, 0.5) is 0 Å². The Hall–Kier alpha value is -3.81. The average molecular weight is 378 g/mol. The molecule has 1 atom stereocenters. The fourth-order valence-electron chi connectivity index (χ4n) is 2.72. The van der Waals surface area contributed by atoms with Gasteiger partial charge in [0.25, 0.3) is 11.8 Å². The molecule has 3 aromatic rings. The van der Waals surface area contributed by atoms with E-state index in [9.17, 15) is 14.4 Å². The Morgan fingerprint density at radius 2 is 1.82 bits per heavy atom. The molecule has 1 aromatic carbocycles. The van der Waals surface area contributed by atoms with E-state index in [4.69, 9.17) is 10.3 Å². The third-order valence-electron chi connectivity index (χ3n) is 4.15. The quantitative estimate of drug-likeness (QED) is 0.572. The molecule has 2 heterocycles. The van der Waals surface area contributed by atoms with E-state index in [0.717, 1.165) is 5.56 Å². The number of nitrogens with zero attached hydrogens (tertiary/aromatic N) is 2. The highest BCUT2D eigenvalue weighted by Gasteiger charge is 2.27. The Bertz CT molecular complexity index is 970. The van der Waals surface area contributed by atoms with Gasteiger partial charge in [0.15, 0.2) is 0 Å². The highest BCUT2D eigenvalue weighted by atomic mass is 16.5. The maximum Gasteiger partial charge on any atom is 0.287 e. The Labute approximate surface area is 160 Å². The molecule has 28 heavy (non-hydrogen) atoms. The summed E-state index contributed by atoms with van der Waals surface area (Å²) in [6.45, 7) is 0. The number of aromatic nitrogens is 2. The minimum atomic E-state index is -1.10. The van der Waals surface area contributed by atoms with E-state index in [1.165, 1.54) is 6.26 Å². The van der Waals surface area contributed by atoms with Gasteiger partial charge in [0.05, 0.1) is 11.7 Å². The fourth-order valence-corrected chi connectivity index (χ4v) is 2.72. The zero-order valence-corrected chi connectivity index (χ0v) is 14.9. The lowest BCUT2D eigenvalue weighted by Gasteiger charge is -2.16. The Morgan fingerprint density at radius 3 is 2.50 bits per heavy atom. The van der Waals surface area contributed by atoms with Gasteiger partial charge in [-0.2, -0.15) is 0 Å². The van der Waals surface area contributed by atoms with Gasteiger partial charge < -0.3 is 15.6 Å². The van der Waals surface area contributed by atoms with Crippen LogP contribution >= 0.6 is 0 Å². The minimum Gasteiger partial charge on any atom is -0.363 e. The minimum absolute atomic E-state index is 0.112. The van der Waals surface area contributed by atoms with E-state index < -0.39 is 23.6 Å². The summed E-state index contributed by atoms with van der Waals surface area (Å²) in [5.74, 6) is -2.57. The van der Waals surface area contributed by atoms with Gasteiger partial charge >= 0.3 is 0 Å². The number of primary amides is 1. The molecule has 2 aromatic heterocycles. The third kappa shape index (κ3) is 4.47. The molecular weight excluding hydrogens is 360 g/mol. The Morgan fingerprint density at radius 1 is 1.07 bits per heavy atom. The molecular formula is C20H18N4O4. The number of nitrogens with one attached hydrogen (secondary N) is 1. The van der Waals surface area contributed by atoms with Crippen molar-refractivity contribution < 1.29 is 18.9 Å². The first kappa shape index (κ1) is 19.0. The number of rotatable bonds is 8. The molecule has 0 fully saturated rings. The van der Waals surface area contributed by atoms with Crippen LogP contribution < -0.4 is 11.1 Å². The van der Waals surface area contributed by atoms with Crippen molar-refractivity contribution in [2.24, 2.45) is 5.73 Å². The largest absolute Gasteiger partial charge is 0.363 e. The number of Topliss-reactive ketones (excluding diaryl/α,β-unsaturated/α-hetero) is 1. The smallest absolute Gasteiger partial charge is 0.287 e. The van der Waals surface area contributed by atoms with Crippen molar-refractivity contribution in [3.05, 3.63) is 72.1 Å². The lowest BCUT2D eigenvalue weighted by Crippen LogP contribution is -2.46. The van der Waals surface area contributed by atoms with Crippen molar-refractivity contribution in [2.75, 3.05) is 0 Å². The van der Waals surface area contributed by atoms with E-state index in [1.807, 2.05) is 30.3 Å². The summed E-state index contributed by atoms with van der Waals surface area (Å²) in [6, 6.07) is 13.5. The first-order chi connectivity index (χ1) is 13.6. The van der Waals surface area contributed by atoms with Crippen molar-refractivity contribution in [1.29, 1.82) is 0 Å². The molecule has 0 aliphatic heterocycles. The van der Waals surface area contributed by atoms with Crippen molar-refractivity contribution >= 4 is 17.6 Å². The monoisotopic (exact) mass is 378 g/mol. The van der Waals surface area contributed by atoms with Crippen LogP contribution in [0, 0.1) is 0 Å². The molecule has 0 saturated heterocycles. The zero-order chi connectivity index (χ0) is 19.9. The standard InChI is InChI=1S/C20H18N4O4/c21-19(26)18(25)16(10-9-13-6-2-1-3-7-13)23-20(27)14-12-28-24-17(14)15-8-4-5-11-22-15/h1-8,11-12,16H,9-10H2,(H2,21,26)(H,23,27). The van der Waals surface area contributed by atoms with Gasteiger partial charge in [0.2, 0.25) is 5.78 Å². The highest BCUT2D eigenvalue weighted by molar-refractivity contribution is 6.38. The van der Waals surface area contributed by atoms with E-state index >= 15 is 0 Å². The molecule has 1 unspecified atom stereocenters. The van der Waals surface area contributed by atoms with Gasteiger partial charge in [-0.25, -0.2) is 0 Å². The zero-order valence-electron chi connectivity index (χ0n) is 14.9. The number of benzene rings is 1. The first-order valence-electron chi connectivity index (χ1n) is 8.60. The van der Waals surface area contributed by atoms with Crippen LogP contribution in [0.15, 0.2) is 65.5 Å². The maximum absolute atomic E-state index is 12.7. The van der Waals surface area contributed by atoms with E-state index in [1.54, 1.807) is 24.4 Å². The Balaban J connectivity index is 1.77. The molecule has 8 heteroatoms. The number of nitrogens with two attached hydrogens (primary N) is 1. The predicted octanol–water partition coefficient (Wildman–Crippen LogP) is 1.52. The third-order valence-corrected chi connectivity index (χ3v) is 4.15. The molecule has 3 rings (SSSR count). The summed E-state index contributed by atoms with van der Waals surface area (Å²) in [4.78, 5) is 40.4. The van der Waals surface area contributed by atoms with E-state index in [0.29, 0.717) is 12.1 Å². The Kier molecular flexibility index (Phi) is 5.91. The van der Waals surface area contributed by atoms with Gasteiger partial charge in [-0.3, -0.25) is 19.4 Å².